The number of aryl methyl sites for hydroxylation is 1. The zero-order valence-corrected chi connectivity index (χ0v) is 12.6. The Kier molecular flexibility index (Phi) is 4.79. The standard InChI is InChI=1S/C17H24FNO/c1-11(2)13-6-4-5-7-16(13)19-17(20)14-9-8-12(3)10-15(14)18/h8-11,13,16H,4-7H2,1-3H3,(H,19,20). The van der Waals surface area contributed by atoms with Crippen LogP contribution < -0.4 is 5.32 Å². The molecule has 2 rings (SSSR count). The fourth-order valence-corrected chi connectivity index (χ4v) is 3.19. The number of carbonyl (C=O) groups is 1. The number of carbonyl (C=O) groups excluding carboxylic acids is 1. The Morgan fingerprint density at radius 1 is 1.30 bits per heavy atom. The monoisotopic (exact) mass is 277 g/mol. The number of hydrogen-bond donors (Lipinski definition) is 1. The van der Waals surface area contributed by atoms with Gasteiger partial charge in [-0.3, -0.25) is 4.79 Å². The normalized spacial score (nSPS) is 22.9. The Labute approximate surface area is 120 Å². The molecule has 2 nitrogen and oxygen atoms in total. The van der Waals surface area contributed by atoms with Gasteiger partial charge in [0.25, 0.3) is 5.91 Å². The molecule has 1 N–H and O–H groups in total. The predicted molar refractivity (Wildman–Crippen MR) is 79.2 cm³/mol. The highest BCUT2D eigenvalue weighted by Gasteiger charge is 2.29. The first-order valence-corrected chi connectivity index (χ1v) is 7.56. The summed E-state index contributed by atoms with van der Waals surface area (Å²) in [5, 5.41) is 3.05. The highest BCUT2D eigenvalue weighted by molar-refractivity contribution is 5.94. The van der Waals surface area contributed by atoms with E-state index < -0.39 is 5.82 Å². The van der Waals surface area contributed by atoms with Crippen molar-refractivity contribution in [2.45, 2.75) is 52.5 Å². The van der Waals surface area contributed by atoms with Crippen LogP contribution in [0.4, 0.5) is 4.39 Å². The second-order valence-corrected chi connectivity index (χ2v) is 6.26. The Bertz CT molecular complexity index is 484. The van der Waals surface area contributed by atoms with Gasteiger partial charge < -0.3 is 5.32 Å². The maximum atomic E-state index is 13.8. The van der Waals surface area contributed by atoms with E-state index in [-0.39, 0.29) is 17.5 Å². The van der Waals surface area contributed by atoms with Crippen LogP contribution in [0.15, 0.2) is 18.2 Å². The largest absolute Gasteiger partial charge is 0.349 e. The van der Waals surface area contributed by atoms with Crippen LogP contribution in [0.2, 0.25) is 0 Å². The van der Waals surface area contributed by atoms with Crippen LogP contribution in [0.3, 0.4) is 0 Å². The van der Waals surface area contributed by atoms with Gasteiger partial charge in [-0.15, -0.1) is 0 Å². The zero-order chi connectivity index (χ0) is 14.7. The zero-order valence-electron chi connectivity index (χ0n) is 12.6. The third-order valence-corrected chi connectivity index (χ3v) is 4.36. The van der Waals surface area contributed by atoms with E-state index in [4.69, 9.17) is 0 Å². The van der Waals surface area contributed by atoms with E-state index in [9.17, 15) is 9.18 Å². The van der Waals surface area contributed by atoms with Crippen molar-refractivity contribution in [2.24, 2.45) is 11.8 Å². The van der Waals surface area contributed by atoms with Crippen molar-refractivity contribution in [1.29, 1.82) is 0 Å². The summed E-state index contributed by atoms with van der Waals surface area (Å²) < 4.78 is 13.8. The van der Waals surface area contributed by atoms with Crippen molar-refractivity contribution in [3.63, 3.8) is 0 Å². The summed E-state index contributed by atoms with van der Waals surface area (Å²) in [6.45, 7) is 6.21. The Morgan fingerprint density at radius 2 is 2.00 bits per heavy atom. The third kappa shape index (κ3) is 3.38. The molecule has 1 aromatic rings. The molecule has 1 aliphatic carbocycles. The highest BCUT2D eigenvalue weighted by atomic mass is 19.1. The second kappa shape index (κ2) is 6.38. The SMILES string of the molecule is Cc1ccc(C(=O)NC2CCCCC2C(C)C)c(F)c1. The molecule has 110 valence electrons. The van der Waals surface area contributed by atoms with Gasteiger partial charge in [-0.2, -0.15) is 0 Å². The van der Waals surface area contributed by atoms with Crippen molar-refractivity contribution in [1.82, 2.24) is 5.32 Å². The van der Waals surface area contributed by atoms with Crippen molar-refractivity contribution in [3.8, 4) is 0 Å². The molecule has 0 spiro atoms. The summed E-state index contributed by atoms with van der Waals surface area (Å²) in [4.78, 5) is 12.3. The minimum atomic E-state index is -0.431. The van der Waals surface area contributed by atoms with Crippen LogP contribution in [0.1, 0.15) is 55.5 Å². The topological polar surface area (TPSA) is 29.1 Å². The van der Waals surface area contributed by atoms with Gasteiger partial charge >= 0.3 is 0 Å². The van der Waals surface area contributed by atoms with Gasteiger partial charge in [0.2, 0.25) is 0 Å². The van der Waals surface area contributed by atoms with Crippen LogP contribution in [-0.4, -0.2) is 11.9 Å². The Hall–Kier alpha value is -1.38. The Balaban J connectivity index is 2.09. The summed E-state index contributed by atoms with van der Waals surface area (Å²) >= 11 is 0. The van der Waals surface area contributed by atoms with E-state index in [2.05, 4.69) is 19.2 Å². The lowest BCUT2D eigenvalue weighted by Crippen LogP contribution is -2.44. The predicted octanol–water partition coefficient (Wildman–Crippen LogP) is 4.08. The van der Waals surface area contributed by atoms with Gasteiger partial charge in [0, 0.05) is 6.04 Å². The van der Waals surface area contributed by atoms with E-state index in [1.54, 1.807) is 12.1 Å². The van der Waals surface area contributed by atoms with Crippen molar-refractivity contribution in [2.75, 3.05) is 0 Å². The van der Waals surface area contributed by atoms with Crippen LogP contribution in [-0.2, 0) is 0 Å². The molecule has 1 amide bonds. The maximum absolute atomic E-state index is 13.8. The molecule has 1 fully saturated rings. The lowest BCUT2D eigenvalue weighted by atomic mass is 9.78. The second-order valence-electron chi connectivity index (χ2n) is 6.26. The molecule has 0 aliphatic heterocycles. The molecule has 2 atom stereocenters. The summed E-state index contributed by atoms with van der Waals surface area (Å²) in [5.74, 6) is 0.337. The van der Waals surface area contributed by atoms with Crippen molar-refractivity contribution < 1.29 is 9.18 Å². The molecule has 1 aliphatic rings. The lowest BCUT2D eigenvalue weighted by Gasteiger charge is -2.34. The molecule has 0 heterocycles. The van der Waals surface area contributed by atoms with Gasteiger partial charge in [0.1, 0.15) is 5.82 Å². The number of nitrogens with one attached hydrogen (secondary N) is 1. The van der Waals surface area contributed by atoms with Gasteiger partial charge in [-0.1, -0.05) is 32.8 Å². The van der Waals surface area contributed by atoms with Crippen molar-refractivity contribution >= 4 is 5.91 Å². The van der Waals surface area contributed by atoms with Crippen LogP contribution in [0.5, 0.6) is 0 Å². The molecule has 2 unspecified atom stereocenters. The van der Waals surface area contributed by atoms with Crippen LogP contribution in [0.25, 0.3) is 0 Å². The minimum absolute atomic E-state index is 0.156. The molecular formula is C17H24FNO. The van der Waals surface area contributed by atoms with Crippen molar-refractivity contribution in [3.05, 3.63) is 35.1 Å². The molecule has 0 radical (unpaired) electrons. The van der Waals surface area contributed by atoms with Gasteiger partial charge in [0.15, 0.2) is 0 Å². The fraction of sp³-hybridized carbons (Fsp3) is 0.588. The van der Waals surface area contributed by atoms with Gasteiger partial charge in [-0.05, 0) is 49.3 Å². The van der Waals surface area contributed by atoms with E-state index in [1.165, 1.54) is 12.5 Å². The van der Waals surface area contributed by atoms with Crippen LogP contribution in [0, 0.1) is 24.6 Å². The molecule has 0 bridgehead atoms. The van der Waals surface area contributed by atoms with E-state index in [0.29, 0.717) is 11.8 Å². The van der Waals surface area contributed by atoms with E-state index >= 15 is 0 Å². The summed E-state index contributed by atoms with van der Waals surface area (Å²) in [6.07, 6.45) is 4.53. The average molecular weight is 277 g/mol. The minimum Gasteiger partial charge on any atom is -0.349 e. The number of hydrogen-bond acceptors (Lipinski definition) is 1. The van der Waals surface area contributed by atoms with E-state index in [1.807, 2.05) is 6.92 Å². The number of amides is 1. The molecular weight excluding hydrogens is 253 g/mol. The first-order chi connectivity index (χ1) is 9.49. The molecule has 20 heavy (non-hydrogen) atoms. The Morgan fingerprint density at radius 3 is 2.65 bits per heavy atom. The molecule has 1 saturated carbocycles. The summed E-state index contributed by atoms with van der Waals surface area (Å²) in [6, 6.07) is 4.94. The quantitative estimate of drug-likeness (QED) is 0.886. The van der Waals surface area contributed by atoms with E-state index in [0.717, 1.165) is 24.8 Å². The first kappa shape index (κ1) is 15.0. The summed E-state index contributed by atoms with van der Waals surface area (Å²) in [5.41, 5.74) is 0.987. The number of halogens is 1. The average Bonchev–Trinajstić information content (AvgIpc) is 2.38. The van der Waals surface area contributed by atoms with Gasteiger partial charge in [-0.25, -0.2) is 4.39 Å². The fourth-order valence-electron chi connectivity index (χ4n) is 3.19. The molecule has 1 aromatic carbocycles. The van der Waals surface area contributed by atoms with Gasteiger partial charge in [0.05, 0.1) is 5.56 Å². The highest BCUT2D eigenvalue weighted by Crippen LogP contribution is 2.30. The molecule has 3 heteroatoms. The van der Waals surface area contributed by atoms with Crippen LogP contribution >= 0.6 is 0 Å². The number of benzene rings is 1. The third-order valence-electron chi connectivity index (χ3n) is 4.36. The summed E-state index contributed by atoms with van der Waals surface area (Å²) in [7, 11) is 0. The first-order valence-electron chi connectivity index (χ1n) is 7.56. The lowest BCUT2D eigenvalue weighted by molar-refractivity contribution is 0.0885. The molecule has 0 saturated heterocycles. The smallest absolute Gasteiger partial charge is 0.254 e. The maximum Gasteiger partial charge on any atom is 0.254 e. The number of rotatable bonds is 3. The molecule has 0 aromatic heterocycles.